The van der Waals surface area contributed by atoms with E-state index in [4.69, 9.17) is 0 Å². The van der Waals surface area contributed by atoms with E-state index in [1.54, 1.807) is 0 Å². The fourth-order valence-electron chi connectivity index (χ4n) is 1.63. The summed E-state index contributed by atoms with van der Waals surface area (Å²) in [5.41, 5.74) is 0. The van der Waals surface area contributed by atoms with Crippen molar-refractivity contribution in [2.45, 2.75) is 52.9 Å². The van der Waals surface area contributed by atoms with Crippen LogP contribution in [0.4, 0.5) is 0 Å². The van der Waals surface area contributed by atoms with Crippen molar-refractivity contribution in [2.24, 2.45) is 11.8 Å². The van der Waals surface area contributed by atoms with Crippen LogP contribution in [0.1, 0.15) is 52.9 Å². The van der Waals surface area contributed by atoms with Gasteiger partial charge in [-0.25, -0.2) is 0 Å². The molecule has 1 saturated carbocycles. The third-order valence-corrected chi connectivity index (χ3v) is 2.78. The number of hydrogen-bond donors (Lipinski definition) is 0. The van der Waals surface area contributed by atoms with Gasteiger partial charge >= 0.3 is 0 Å². The van der Waals surface area contributed by atoms with Crippen LogP contribution in [-0.4, -0.2) is 0 Å². The molecule has 1 unspecified atom stereocenters. The molecular formula is C12H24. The summed E-state index contributed by atoms with van der Waals surface area (Å²) in [5.74, 6) is 2.01. The Hall–Kier alpha value is -0.260. The highest BCUT2D eigenvalue weighted by Crippen LogP contribution is 2.35. The predicted octanol–water partition coefficient (Wildman–Crippen LogP) is 4.42. The normalized spacial score (nSPS) is 18.6. The first-order valence-corrected chi connectivity index (χ1v) is 5.45. The van der Waals surface area contributed by atoms with Gasteiger partial charge in [0.15, 0.2) is 0 Å². The first-order chi connectivity index (χ1) is 5.84. The largest absolute Gasteiger partial charge is 0.103 e. The third kappa shape index (κ3) is 3.94. The molecule has 0 aliphatic heterocycles. The summed E-state index contributed by atoms with van der Waals surface area (Å²) in [6.07, 6.45) is 9.04. The monoisotopic (exact) mass is 168 g/mol. The summed E-state index contributed by atoms with van der Waals surface area (Å²) in [5, 5.41) is 0. The Balaban J connectivity index is 0.000000561. The molecule has 0 radical (unpaired) electrons. The maximum Gasteiger partial charge on any atom is -0.0351 e. The first kappa shape index (κ1) is 11.7. The van der Waals surface area contributed by atoms with Crippen molar-refractivity contribution in [3.8, 4) is 0 Å². The van der Waals surface area contributed by atoms with Gasteiger partial charge < -0.3 is 0 Å². The molecule has 0 aromatic carbocycles. The molecule has 0 amide bonds. The van der Waals surface area contributed by atoms with Gasteiger partial charge in [-0.1, -0.05) is 46.1 Å². The summed E-state index contributed by atoms with van der Waals surface area (Å²) in [6.45, 7) is 10.1. The highest BCUT2D eigenvalue weighted by atomic mass is 14.3. The lowest BCUT2D eigenvalue weighted by atomic mass is 9.75. The summed E-state index contributed by atoms with van der Waals surface area (Å²) < 4.78 is 0. The molecule has 1 aliphatic rings. The molecule has 1 aliphatic carbocycles. The maximum absolute atomic E-state index is 3.74. The molecule has 0 saturated heterocycles. The summed E-state index contributed by atoms with van der Waals surface area (Å²) in [4.78, 5) is 0. The number of allylic oxidation sites excluding steroid dienone is 1. The molecule has 0 aromatic heterocycles. The highest BCUT2D eigenvalue weighted by molar-refractivity contribution is 4.77. The van der Waals surface area contributed by atoms with E-state index in [0.717, 1.165) is 11.8 Å². The zero-order valence-electron chi connectivity index (χ0n) is 8.97. The van der Waals surface area contributed by atoms with Gasteiger partial charge in [-0.2, -0.15) is 0 Å². The summed E-state index contributed by atoms with van der Waals surface area (Å²) in [7, 11) is 0. The van der Waals surface area contributed by atoms with E-state index in [1.165, 1.54) is 32.1 Å². The number of rotatable bonds is 4. The third-order valence-electron chi connectivity index (χ3n) is 2.78. The van der Waals surface area contributed by atoms with Crippen LogP contribution in [0, 0.1) is 11.8 Å². The van der Waals surface area contributed by atoms with Gasteiger partial charge in [-0.05, 0) is 24.7 Å². The smallest absolute Gasteiger partial charge is 0.0351 e. The van der Waals surface area contributed by atoms with Gasteiger partial charge in [0, 0.05) is 0 Å². The molecule has 0 nitrogen and oxygen atoms in total. The minimum atomic E-state index is 0.951. The van der Waals surface area contributed by atoms with E-state index in [2.05, 4.69) is 13.5 Å². The van der Waals surface area contributed by atoms with E-state index >= 15 is 0 Å². The van der Waals surface area contributed by atoms with Crippen molar-refractivity contribution < 1.29 is 0 Å². The van der Waals surface area contributed by atoms with Crippen LogP contribution in [-0.2, 0) is 0 Å². The molecule has 0 spiro atoms. The molecule has 0 aromatic rings. The molecule has 0 heteroatoms. The zero-order chi connectivity index (χ0) is 9.40. The highest BCUT2D eigenvalue weighted by Gasteiger charge is 2.22. The molecule has 0 heterocycles. The van der Waals surface area contributed by atoms with Crippen LogP contribution in [0.2, 0.25) is 0 Å². The van der Waals surface area contributed by atoms with Crippen molar-refractivity contribution in [3.05, 3.63) is 12.7 Å². The lowest BCUT2D eigenvalue weighted by Gasteiger charge is -2.31. The van der Waals surface area contributed by atoms with Gasteiger partial charge in [-0.3, -0.25) is 0 Å². The van der Waals surface area contributed by atoms with Gasteiger partial charge in [0.25, 0.3) is 0 Å². The van der Waals surface area contributed by atoms with Crippen molar-refractivity contribution in [1.82, 2.24) is 0 Å². The van der Waals surface area contributed by atoms with Gasteiger partial charge in [0.05, 0.1) is 0 Å². The molecule has 0 N–H and O–H groups in total. The SMILES string of the molecule is C=CCCC(C)C1CCC1.CC. The standard InChI is InChI=1S/C10H18.C2H6/c1-3-4-6-9(2)10-7-5-8-10;1-2/h3,9-10H,1,4-8H2,2H3;1-2H3. The molecule has 12 heavy (non-hydrogen) atoms. The molecule has 72 valence electrons. The van der Waals surface area contributed by atoms with Crippen LogP contribution in [0.25, 0.3) is 0 Å². The van der Waals surface area contributed by atoms with E-state index in [0.29, 0.717) is 0 Å². The molecular weight excluding hydrogens is 144 g/mol. The quantitative estimate of drug-likeness (QED) is 0.545. The second-order valence-electron chi connectivity index (χ2n) is 3.53. The predicted molar refractivity (Wildman–Crippen MR) is 57.3 cm³/mol. The lowest BCUT2D eigenvalue weighted by Crippen LogP contribution is -2.19. The second-order valence-corrected chi connectivity index (χ2v) is 3.53. The van der Waals surface area contributed by atoms with Crippen LogP contribution in [0.5, 0.6) is 0 Å². The van der Waals surface area contributed by atoms with E-state index in [9.17, 15) is 0 Å². The van der Waals surface area contributed by atoms with Crippen LogP contribution in [0.3, 0.4) is 0 Å². The minimum absolute atomic E-state index is 0.951. The lowest BCUT2D eigenvalue weighted by molar-refractivity contribution is 0.211. The van der Waals surface area contributed by atoms with Gasteiger partial charge in [0.1, 0.15) is 0 Å². The Morgan fingerprint density at radius 1 is 1.42 bits per heavy atom. The Morgan fingerprint density at radius 2 is 2.00 bits per heavy atom. The summed E-state index contributed by atoms with van der Waals surface area (Å²) in [6, 6.07) is 0. The Kier molecular flexibility index (Phi) is 7.23. The van der Waals surface area contributed by atoms with E-state index in [1.807, 2.05) is 19.9 Å². The van der Waals surface area contributed by atoms with Crippen LogP contribution < -0.4 is 0 Å². The average Bonchev–Trinajstić information content (AvgIpc) is 2.01. The molecule has 0 bridgehead atoms. The first-order valence-electron chi connectivity index (χ1n) is 5.45. The molecule has 1 rings (SSSR count). The van der Waals surface area contributed by atoms with E-state index < -0.39 is 0 Å². The van der Waals surface area contributed by atoms with Crippen molar-refractivity contribution >= 4 is 0 Å². The average molecular weight is 168 g/mol. The van der Waals surface area contributed by atoms with Crippen LogP contribution in [0.15, 0.2) is 12.7 Å². The van der Waals surface area contributed by atoms with Gasteiger partial charge in [0.2, 0.25) is 0 Å². The Labute approximate surface area is 78.1 Å². The van der Waals surface area contributed by atoms with Crippen molar-refractivity contribution in [1.29, 1.82) is 0 Å². The number of hydrogen-bond acceptors (Lipinski definition) is 0. The summed E-state index contributed by atoms with van der Waals surface area (Å²) >= 11 is 0. The Bertz CT molecular complexity index is 101. The second kappa shape index (κ2) is 7.39. The molecule has 1 atom stereocenters. The maximum atomic E-state index is 3.74. The van der Waals surface area contributed by atoms with Gasteiger partial charge in [-0.15, -0.1) is 6.58 Å². The fourth-order valence-corrected chi connectivity index (χ4v) is 1.63. The van der Waals surface area contributed by atoms with Crippen molar-refractivity contribution in [2.75, 3.05) is 0 Å². The van der Waals surface area contributed by atoms with E-state index in [-0.39, 0.29) is 0 Å². The minimum Gasteiger partial charge on any atom is -0.103 e. The molecule has 1 fully saturated rings. The topological polar surface area (TPSA) is 0 Å². The zero-order valence-corrected chi connectivity index (χ0v) is 8.97. The Morgan fingerprint density at radius 3 is 2.33 bits per heavy atom. The fraction of sp³-hybridized carbons (Fsp3) is 0.833. The van der Waals surface area contributed by atoms with Crippen molar-refractivity contribution in [3.63, 3.8) is 0 Å². The van der Waals surface area contributed by atoms with Crippen LogP contribution >= 0.6 is 0 Å².